The van der Waals surface area contributed by atoms with Gasteiger partial charge in [-0.1, -0.05) is 6.07 Å². The summed E-state index contributed by atoms with van der Waals surface area (Å²) in [5.74, 6) is -0.0386. The summed E-state index contributed by atoms with van der Waals surface area (Å²) >= 11 is 1.70. The number of hydrogen-bond acceptors (Lipinski definition) is 6. The molecule has 29 heavy (non-hydrogen) atoms. The Hall–Kier alpha value is -2.47. The van der Waals surface area contributed by atoms with E-state index in [1.54, 1.807) is 25.2 Å². The highest BCUT2D eigenvalue weighted by atomic mass is 32.1. The van der Waals surface area contributed by atoms with Gasteiger partial charge in [-0.25, -0.2) is 0 Å². The summed E-state index contributed by atoms with van der Waals surface area (Å²) in [6.45, 7) is 7.24. The second-order valence-electron chi connectivity index (χ2n) is 7.15. The topological polar surface area (TPSA) is 98.2 Å². The molecule has 0 radical (unpaired) electrons. The number of amides is 1. The monoisotopic (exact) mass is 414 g/mol. The van der Waals surface area contributed by atoms with Crippen molar-refractivity contribution in [2.45, 2.75) is 32.7 Å². The molecule has 7 nitrogen and oxygen atoms in total. The van der Waals surface area contributed by atoms with Gasteiger partial charge < -0.3 is 15.0 Å². The lowest BCUT2D eigenvalue weighted by Crippen LogP contribution is -2.43. The standard InChI is InChI=1S/C21H26N4O3S/c1-14-16(15(2)24-21(27)17(14)12-22)5-6-20(26)23-13-18(19-4-3-11-29-19)25-7-9-28-10-8-25/h3-4,11,18H,5-10,13H2,1-2H3,(H,23,26)(H,24,27)/t18-/m0/s1. The molecule has 1 atom stereocenters. The first-order valence-corrected chi connectivity index (χ1v) is 10.6. The van der Waals surface area contributed by atoms with Crippen LogP contribution in [-0.4, -0.2) is 48.6 Å². The summed E-state index contributed by atoms with van der Waals surface area (Å²) in [6.07, 6.45) is 0.787. The highest BCUT2D eigenvalue weighted by Crippen LogP contribution is 2.25. The normalized spacial score (nSPS) is 15.6. The minimum Gasteiger partial charge on any atom is -0.379 e. The molecule has 154 valence electrons. The molecule has 0 unspecified atom stereocenters. The SMILES string of the molecule is Cc1[nH]c(=O)c(C#N)c(C)c1CCC(=O)NC[C@@H](c1cccs1)N1CCOCC1. The predicted octanol–water partition coefficient (Wildman–Crippen LogP) is 2.05. The molecule has 0 bridgehead atoms. The number of rotatable bonds is 7. The lowest BCUT2D eigenvalue weighted by atomic mass is 9.99. The summed E-state index contributed by atoms with van der Waals surface area (Å²) in [5, 5.41) is 14.3. The fourth-order valence-electron chi connectivity index (χ4n) is 3.74. The Morgan fingerprint density at radius 2 is 2.17 bits per heavy atom. The molecule has 1 saturated heterocycles. The Kier molecular flexibility index (Phi) is 7.20. The number of pyridine rings is 1. The zero-order valence-electron chi connectivity index (χ0n) is 16.8. The summed E-state index contributed by atoms with van der Waals surface area (Å²) < 4.78 is 5.46. The zero-order chi connectivity index (χ0) is 20.8. The Morgan fingerprint density at radius 1 is 1.41 bits per heavy atom. The average molecular weight is 415 g/mol. The third kappa shape index (κ3) is 5.12. The first-order chi connectivity index (χ1) is 14.0. The molecule has 1 aliphatic heterocycles. The molecular weight excluding hydrogens is 388 g/mol. The molecule has 0 saturated carbocycles. The van der Waals surface area contributed by atoms with Gasteiger partial charge in [0.2, 0.25) is 5.91 Å². The van der Waals surface area contributed by atoms with Crippen LogP contribution in [0.25, 0.3) is 0 Å². The zero-order valence-corrected chi connectivity index (χ0v) is 17.6. The molecule has 1 aliphatic rings. The van der Waals surface area contributed by atoms with E-state index < -0.39 is 0 Å². The number of nitrogens with zero attached hydrogens (tertiary/aromatic N) is 2. The maximum atomic E-state index is 12.5. The van der Waals surface area contributed by atoms with Gasteiger partial charge in [0.25, 0.3) is 5.56 Å². The van der Waals surface area contributed by atoms with Crippen LogP contribution in [0.5, 0.6) is 0 Å². The van der Waals surface area contributed by atoms with Crippen molar-refractivity contribution in [2.24, 2.45) is 0 Å². The summed E-state index contributed by atoms with van der Waals surface area (Å²) in [5.41, 5.74) is 1.98. The van der Waals surface area contributed by atoms with Gasteiger partial charge in [0.1, 0.15) is 11.6 Å². The predicted molar refractivity (Wildman–Crippen MR) is 112 cm³/mol. The minimum atomic E-state index is -0.375. The van der Waals surface area contributed by atoms with Crippen molar-refractivity contribution in [3.8, 4) is 6.07 Å². The fourth-order valence-corrected chi connectivity index (χ4v) is 4.60. The van der Waals surface area contributed by atoms with Crippen molar-refractivity contribution in [3.63, 3.8) is 0 Å². The molecule has 8 heteroatoms. The first kappa shape index (κ1) is 21.2. The van der Waals surface area contributed by atoms with Crippen LogP contribution >= 0.6 is 11.3 Å². The molecule has 0 aliphatic carbocycles. The summed E-state index contributed by atoms with van der Waals surface area (Å²) in [7, 11) is 0. The van der Waals surface area contributed by atoms with Crippen molar-refractivity contribution in [3.05, 3.63) is 55.1 Å². The maximum Gasteiger partial charge on any atom is 0.266 e. The van der Waals surface area contributed by atoms with Crippen LogP contribution in [0.15, 0.2) is 22.3 Å². The number of ether oxygens (including phenoxy) is 1. The van der Waals surface area contributed by atoms with Gasteiger partial charge in [-0.2, -0.15) is 5.26 Å². The van der Waals surface area contributed by atoms with Crippen LogP contribution in [-0.2, 0) is 16.0 Å². The van der Waals surface area contributed by atoms with Crippen LogP contribution in [0.1, 0.15) is 39.7 Å². The molecule has 0 spiro atoms. The van der Waals surface area contributed by atoms with Crippen molar-refractivity contribution < 1.29 is 9.53 Å². The third-order valence-electron chi connectivity index (χ3n) is 5.37. The molecular formula is C21H26N4O3S. The second-order valence-corrected chi connectivity index (χ2v) is 8.13. The highest BCUT2D eigenvalue weighted by molar-refractivity contribution is 7.10. The van der Waals surface area contributed by atoms with E-state index in [0.717, 1.165) is 18.7 Å². The van der Waals surface area contributed by atoms with E-state index in [0.29, 0.717) is 43.9 Å². The van der Waals surface area contributed by atoms with Crippen molar-refractivity contribution in [1.82, 2.24) is 15.2 Å². The Morgan fingerprint density at radius 3 is 2.83 bits per heavy atom. The Balaban J connectivity index is 1.62. The lowest BCUT2D eigenvalue weighted by Gasteiger charge is -2.34. The van der Waals surface area contributed by atoms with E-state index in [-0.39, 0.29) is 23.1 Å². The van der Waals surface area contributed by atoms with Crippen molar-refractivity contribution in [1.29, 1.82) is 5.26 Å². The fraction of sp³-hybridized carbons (Fsp3) is 0.476. The molecule has 1 fully saturated rings. The molecule has 1 amide bonds. The number of morpholine rings is 1. The minimum absolute atomic E-state index is 0.0386. The second kappa shape index (κ2) is 9.83. The van der Waals surface area contributed by atoms with Crippen molar-refractivity contribution in [2.75, 3.05) is 32.8 Å². The highest BCUT2D eigenvalue weighted by Gasteiger charge is 2.24. The number of aryl methyl sites for hydroxylation is 1. The van der Waals surface area contributed by atoms with Gasteiger partial charge in [-0.15, -0.1) is 11.3 Å². The third-order valence-corrected chi connectivity index (χ3v) is 6.35. The van der Waals surface area contributed by atoms with Gasteiger partial charge in [0, 0.05) is 36.6 Å². The van der Waals surface area contributed by atoms with E-state index in [2.05, 4.69) is 26.6 Å². The Labute approximate surface area is 174 Å². The van der Waals surface area contributed by atoms with E-state index in [1.807, 2.05) is 12.1 Å². The van der Waals surface area contributed by atoms with Gasteiger partial charge in [0.15, 0.2) is 0 Å². The van der Waals surface area contributed by atoms with Crippen LogP contribution in [0.3, 0.4) is 0 Å². The number of aromatic nitrogens is 1. The smallest absolute Gasteiger partial charge is 0.266 e. The molecule has 0 aromatic carbocycles. The van der Waals surface area contributed by atoms with Crippen LogP contribution in [0, 0.1) is 25.2 Å². The van der Waals surface area contributed by atoms with E-state index in [4.69, 9.17) is 4.74 Å². The maximum absolute atomic E-state index is 12.5. The number of carbonyl (C=O) groups excluding carboxylic acids is 1. The largest absolute Gasteiger partial charge is 0.379 e. The van der Waals surface area contributed by atoms with Gasteiger partial charge >= 0.3 is 0 Å². The van der Waals surface area contributed by atoms with Gasteiger partial charge in [0.05, 0.1) is 19.3 Å². The number of nitriles is 1. The summed E-state index contributed by atoms with van der Waals surface area (Å²) in [6, 6.07) is 6.23. The summed E-state index contributed by atoms with van der Waals surface area (Å²) in [4.78, 5) is 30.7. The van der Waals surface area contributed by atoms with Crippen molar-refractivity contribution >= 4 is 17.2 Å². The Bertz CT molecular complexity index is 940. The number of H-pyrrole nitrogens is 1. The van der Waals surface area contributed by atoms with Crippen LogP contribution in [0.4, 0.5) is 0 Å². The van der Waals surface area contributed by atoms with E-state index in [1.165, 1.54) is 4.88 Å². The molecule has 3 heterocycles. The lowest BCUT2D eigenvalue weighted by molar-refractivity contribution is -0.121. The first-order valence-electron chi connectivity index (χ1n) is 9.75. The molecule has 2 aromatic heterocycles. The van der Waals surface area contributed by atoms with Crippen LogP contribution in [0.2, 0.25) is 0 Å². The number of thiophene rings is 1. The number of nitrogens with one attached hydrogen (secondary N) is 2. The number of hydrogen-bond donors (Lipinski definition) is 2. The van der Waals surface area contributed by atoms with E-state index >= 15 is 0 Å². The molecule has 3 rings (SSSR count). The van der Waals surface area contributed by atoms with E-state index in [9.17, 15) is 14.9 Å². The number of aromatic amines is 1. The van der Waals surface area contributed by atoms with Gasteiger partial charge in [-0.3, -0.25) is 14.5 Å². The molecule has 2 N–H and O–H groups in total. The van der Waals surface area contributed by atoms with Crippen LogP contribution < -0.4 is 10.9 Å². The quantitative estimate of drug-likeness (QED) is 0.723. The molecule has 2 aromatic rings. The number of carbonyl (C=O) groups is 1. The van der Waals surface area contributed by atoms with Gasteiger partial charge in [-0.05, 0) is 42.8 Å². The average Bonchev–Trinajstić information content (AvgIpc) is 3.23.